The highest BCUT2D eigenvalue weighted by atomic mass is 32.1. The van der Waals surface area contributed by atoms with Crippen LogP contribution in [0.5, 0.6) is 5.75 Å². The molecule has 2 heterocycles. The molecule has 0 saturated heterocycles. The van der Waals surface area contributed by atoms with E-state index in [1.807, 2.05) is 53.4 Å². The van der Waals surface area contributed by atoms with E-state index in [9.17, 15) is 24.7 Å². The van der Waals surface area contributed by atoms with E-state index in [1.165, 1.54) is 94.8 Å². The van der Waals surface area contributed by atoms with Gasteiger partial charge in [0.1, 0.15) is 5.75 Å². The van der Waals surface area contributed by atoms with E-state index in [-0.39, 0.29) is 36.1 Å². The van der Waals surface area contributed by atoms with Gasteiger partial charge in [0.2, 0.25) is 11.7 Å². The molecule has 0 spiro atoms. The number of nitrogens with one attached hydrogen (secondary N) is 1. The first-order valence-electron chi connectivity index (χ1n) is 25.0. The van der Waals surface area contributed by atoms with Crippen molar-refractivity contribution in [3.63, 3.8) is 0 Å². The number of nitrogens with two attached hydrogens (primary N) is 2. The lowest BCUT2D eigenvalue weighted by molar-refractivity contribution is -0.128. The Labute approximate surface area is 398 Å². The maximum Gasteiger partial charge on any atom is 0.255 e. The van der Waals surface area contributed by atoms with Crippen LogP contribution >= 0.6 is 11.3 Å². The summed E-state index contributed by atoms with van der Waals surface area (Å²) in [4.78, 5) is 44.0. The highest BCUT2D eigenvalue weighted by Gasteiger charge is 2.27. The van der Waals surface area contributed by atoms with Crippen LogP contribution in [0.3, 0.4) is 0 Å². The number of phenols is 1. The zero-order valence-electron chi connectivity index (χ0n) is 40.0. The Morgan fingerprint density at radius 3 is 1.95 bits per heavy atom. The number of fused-ring (bicyclic) bond motifs is 1. The van der Waals surface area contributed by atoms with Gasteiger partial charge < -0.3 is 26.0 Å². The van der Waals surface area contributed by atoms with Crippen molar-refractivity contribution in [2.45, 2.75) is 174 Å². The van der Waals surface area contributed by atoms with Crippen molar-refractivity contribution in [3.8, 4) is 27.4 Å². The first kappa shape index (κ1) is 52.2. The molecule has 0 fully saturated rings. The number of ketones is 1. The molecule has 10 nitrogen and oxygen atoms in total. The molecule has 5 aromatic rings. The number of carbonyl (C=O) groups excluding carboxylic acids is 3. The van der Waals surface area contributed by atoms with Gasteiger partial charge in [-0.25, -0.2) is 5.48 Å². The Hall–Kier alpha value is -4.81. The van der Waals surface area contributed by atoms with Gasteiger partial charge in [-0.1, -0.05) is 153 Å². The van der Waals surface area contributed by atoms with Crippen molar-refractivity contribution in [1.29, 1.82) is 0 Å². The molecule has 358 valence electrons. The van der Waals surface area contributed by atoms with Gasteiger partial charge in [-0.15, -0.1) is 11.3 Å². The van der Waals surface area contributed by atoms with Gasteiger partial charge in [0.05, 0.1) is 17.5 Å². The quantitative estimate of drug-likeness (QED) is 0.00971. The largest absolute Gasteiger partial charge is 0.508 e. The van der Waals surface area contributed by atoms with Crippen LogP contribution in [0.15, 0.2) is 78.9 Å². The van der Waals surface area contributed by atoms with E-state index in [4.69, 9.17) is 11.5 Å². The van der Waals surface area contributed by atoms with Gasteiger partial charge in [0.15, 0.2) is 0 Å². The number of phenolic OH excluding ortho intramolecular Hbond substituents is 1. The number of benzene rings is 3. The van der Waals surface area contributed by atoms with E-state index in [0.717, 1.165) is 67.1 Å². The predicted molar refractivity (Wildman–Crippen MR) is 272 cm³/mol. The maximum absolute atomic E-state index is 14.5. The topological polar surface area (TPSA) is 164 Å². The Morgan fingerprint density at radius 2 is 1.33 bits per heavy atom. The SMILES string of the molecule is CCCCCCCCCCC(C)N(C(=O)c1ccc(-c2cc3ccc(C(=O)c4cc(CC(=O)NO)c(-c5cccc(O)c5)s4)cc3n2CCCCN)cc1)C(N)CCCCCCCCCC. The first-order valence-corrected chi connectivity index (χ1v) is 25.8. The summed E-state index contributed by atoms with van der Waals surface area (Å²) in [6.07, 6.45) is 22.7. The number of hydrogen-bond acceptors (Lipinski definition) is 8. The van der Waals surface area contributed by atoms with Gasteiger partial charge in [-0.05, 0) is 98.3 Å². The average Bonchev–Trinajstić information content (AvgIpc) is 3.91. The zero-order chi connectivity index (χ0) is 47.3. The van der Waals surface area contributed by atoms with Crippen molar-refractivity contribution in [1.82, 2.24) is 14.9 Å². The first-order chi connectivity index (χ1) is 32.1. The van der Waals surface area contributed by atoms with Gasteiger partial charge >= 0.3 is 0 Å². The van der Waals surface area contributed by atoms with Crippen LogP contribution in [0.4, 0.5) is 0 Å². The second-order valence-corrected chi connectivity index (χ2v) is 19.3. The minimum atomic E-state index is -0.603. The molecule has 0 aliphatic rings. The molecular formula is C55H77N5O5S. The highest BCUT2D eigenvalue weighted by molar-refractivity contribution is 7.17. The molecule has 0 saturated carbocycles. The number of aromatic nitrogens is 1. The number of hydroxylamine groups is 1. The third-order valence-corrected chi connectivity index (χ3v) is 14.2. The molecule has 66 heavy (non-hydrogen) atoms. The van der Waals surface area contributed by atoms with Gasteiger partial charge in [0.25, 0.3) is 5.91 Å². The molecule has 2 atom stereocenters. The minimum Gasteiger partial charge on any atom is -0.508 e. The monoisotopic (exact) mass is 920 g/mol. The summed E-state index contributed by atoms with van der Waals surface area (Å²) in [6.45, 7) is 7.93. The number of aromatic hydroxyl groups is 1. The molecule has 2 unspecified atom stereocenters. The molecule has 3 aromatic carbocycles. The molecule has 0 aliphatic carbocycles. The summed E-state index contributed by atoms with van der Waals surface area (Å²) in [6, 6.07) is 24.2. The summed E-state index contributed by atoms with van der Waals surface area (Å²) >= 11 is 1.25. The number of carbonyl (C=O) groups is 3. The number of rotatable bonds is 31. The average molecular weight is 920 g/mol. The Morgan fingerprint density at radius 1 is 0.712 bits per heavy atom. The molecule has 5 rings (SSSR count). The van der Waals surface area contributed by atoms with Crippen LogP contribution in [0.25, 0.3) is 32.6 Å². The van der Waals surface area contributed by atoms with Crippen LogP contribution in [-0.2, 0) is 17.8 Å². The van der Waals surface area contributed by atoms with Gasteiger partial charge in [-0.2, -0.15) is 0 Å². The highest BCUT2D eigenvalue weighted by Crippen LogP contribution is 2.37. The Balaban J connectivity index is 1.37. The van der Waals surface area contributed by atoms with E-state index in [0.29, 0.717) is 45.1 Å². The lowest BCUT2D eigenvalue weighted by atomic mass is 10.0. The number of aryl methyl sites for hydroxylation is 1. The Bertz CT molecular complexity index is 2240. The molecule has 0 radical (unpaired) electrons. The van der Waals surface area contributed by atoms with E-state index >= 15 is 0 Å². The van der Waals surface area contributed by atoms with E-state index in [1.54, 1.807) is 29.7 Å². The van der Waals surface area contributed by atoms with Gasteiger partial charge in [-0.3, -0.25) is 19.6 Å². The van der Waals surface area contributed by atoms with Crippen LogP contribution in [0.2, 0.25) is 0 Å². The second-order valence-electron chi connectivity index (χ2n) is 18.2. The lowest BCUT2D eigenvalue weighted by Crippen LogP contribution is -2.50. The molecular weight excluding hydrogens is 843 g/mol. The van der Waals surface area contributed by atoms with E-state index < -0.39 is 5.91 Å². The molecule has 2 amide bonds. The van der Waals surface area contributed by atoms with Crippen molar-refractivity contribution in [2.75, 3.05) is 6.54 Å². The van der Waals surface area contributed by atoms with Crippen LogP contribution in [0.1, 0.15) is 180 Å². The minimum absolute atomic E-state index is 0.0201. The number of unbranched alkanes of at least 4 members (excludes halogenated alkanes) is 15. The summed E-state index contributed by atoms with van der Waals surface area (Å²) in [5.74, 6) is -0.750. The van der Waals surface area contributed by atoms with Crippen LogP contribution in [0, 0.1) is 0 Å². The smallest absolute Gasteiger partial charge is 0.255 e. The molecule has 11 heteroatoms. The van der Waals surface area contributed by atoms with Crippen LogP contribution < -0.4 is 16.9 Å². The summed E-state index contributed by atoms with van der Waals surface area (Å²) < 4.78 is 2.24. The number of hydrogen-bond donors (Lipinski definition) is 5. The fourth-order valence-electron chi connectivity index (χ4n) is 9.16. The molecule has 7 N–H and O–H groups in total. The number of thiophene rings is 1. The normalized spacial score (nSPS) is 12.4. The lowest BCUT2D eigenvalue weighted by Gasteiger charge is -2.35. The third kappa shape index (κ3) is 15.1. The fourth-order valence-corrected chi connectivity index (χ4v) is 10.3. The molecule has 2 aromatic heterocycles. The molecule has 0 aliphatic heterocycles. The summed E-state index contributed by atoms with van der Waals surface area (Å²) in [5, 5.41) is 20.4. The van der Waals surface area contributed by atoms with Crippen LogP contribution in [-0.4, -0.2) is 56.1 Å². The fraction of sp³-hybridized carbons (Fsp3) is 0.509. The van der Waals surface area contributed by atoms with Gasteiger partial charge in [0, 0.05) is 45.2 Å². The van der Waals surface area contributed by atoms with Crippen molar-refractivity contribution in [3.05, 3.63) is 100 Å². The standard InChI is InChI=1S/C55H77N5O5S/c1-4-6-8-10-12-14-16-18-23-40(3)60(51(57)26-19-17-15-13-11-9-7-5-2)55(64)42-29-27-41(28-30-42)48-36-43-31-32-44(37-49(43)59(48)34-21-20-33-56)53(63)50-38-46(39-52(62)58-65)54(66-50)45-24-22-25-47(61)35-45/h22,24-25,27-32,35-38,40,51,61,65H,4-21,23,26,33-34,39,56-57H2,1-3H3,(H,58,62). The van der Waals surface area contributed by atoms with Crippen molar-refractivity contribution < 1.29 is 24.7 Å². The second kappa shape index (κ2) is 27.7. The maximum atomic E-state index is 14.5. The van der Waals surface area contributed by atoms with Crippen molar-refractivity contribution >= 4 is 39.8 Å². The molecule has 0 bridgehead atoms. The predicted octanol–water partition coefficient (Wildman–Crippen LogP) is 12.9. The summed E-state index contributed by atoms with van der Waals surface area (Å²) in [7, 11) is 0. The van der Waals surface area contributed by atoms with E-state index in [2.05, 4.69) is 31.4 Å². The number of nitrogens with zero attached hydrogens (tertiary/aromatic N) is 2. The Kier molecular flexibility index (Phi) is 21.9. The summed E-state index contributed by atoms with van der Waals surface area (Å²) in [5.41, 5.74) is 19.8. The van der Waals surface area contributed by atoms with Crippen molar-refractivity contribution in [2.24, 2.45) is 11.5 Å². The third-order valence-electron chi connectivity index (χ3n) is 12.9. The zero-order valence-corrected chi connectivity index (χ0v) is 40.8. The number of amides is 2.